The third-order valence-electron chi connectivity index (χ3n) is 16.6. The van der Waals surface area contributed by atoms with E-state index in [0.717, 1.165) is 93.5 Å². The smallest absolute Gasteiger partial charge is 0.282 e. The highest BCUT2D eigenvalue weighted by Gasteiger charge is 2.51. The molecule has 18 nitrogen and oxygen atoms in total. The largest absolute Gasteiger partial charge is 0.483 e. The lowest BCUT2D eigenvalue weighted by Gasteiger charge is -2.32. The second-order valence-corrected chi connectivity index (χ2v) is 25.3. The third-order valence-corrected chi connectivity index (χ3v) is 17.6. The molecular formula is C69H76FN10O8S+. The number of hydrogen-bond donors (Lipinski definition) is 6. The van der Waals surface area contributed by atoms with Crippen LogP contribution in [0.2, 0.25) is 0 Å². The van der Waals surface area contributed by atoms with Crippen molar-refractivity contribution in [3.05, 3.63) is 137 Å². The fourth-order valence-corrected chi connectivity index (χ4v) is 12.3. The van der Waals surface area contributed by atoms with Crippen LogP contribution in [0, 0.1) is 41.4 Å². The number of aliphatic hydroxyl groups is 2. The van der Waals surface area contributed by atoms with Crippen molar-refractivity contribution in [2.75, 3.05) is 26.2 Å². The maximum Gasteiger partial charge on any atom is 0.282 e. The number of fused-ring (bicyclic) bond motifs is 1. The fraction of sp³-hybridized carbons (Fsp3) is 0.391. The Hall–Kier alpha value is -8.77. The standard InChI is InChI=1S/C69H75FN10O8S/c1-44-62(89-43-77-44)50-25-26-51(35-74-65(85)55-34-53(82)40-79(55)66(86)54(68(2,3)4)36-75-67(87)69(70)29-30-69)56(33-50)88-41-58(84)73-37-57(83)72-31-14-6-5-9-16-45-17-15-18-47(32-45)39-80-61(49-21-12-8-13-22-49)59(48-19-10-7-11-20-48)60-63(71)78(42-76-64(60)80)38-46-23-27-52(81)28-24-46/h7-8,10-13,15,17-22,25-26,32-33,36,38,42-43,46,52-55,71,81-82H,5-6,14,23-24,27-31,34-35,37,39-41H2,1-4H3,(H2-,72,73,74,83,84,85)/p+1/t46?,52?,53-,54?,55+/m1/s1. The molecule has 462 valence electrons. The Bertz CT molecular complexity index is 3770. The number of hydrogen-bond acceptors (Lipinski definition) is 12. The molecule has 2 saturated carbocycles. The molecule has 0 bridgehead atoms. The minimum absolute atomic E-state index is 0.0306. The second-order valence-electron chi connectivity index (χ2n) is 24.4. The Morgan fingerprint density at radius 2 is 1.63 bits per heavy atom. The number of likely N-dealkylation sites (tertiary alicyclic amines) is 1. The summed E-state index contributed by atoms with van der Waals surface area (Å²) in [6.45, 7) is 7.17. The first-order valence-corrected chi connectivity index (χ1v) is 31.3. The van der Waals surface area contributed by atoms with Gasteiger partial charge in [0.25, 0.3) is 17.6 Å². The summed E-state index contributed by atoms with van der Waals surface area (Å²) in [4.78, 5) is 81.7. The number of nitrogens with one attached hydrogen (secondary N) is 4. The molecule has 10 rings (SSSR count). The van der Waals surface area contributed by atoms with E-state index in [2.05, 4.69) is 84.9 Å². The molecule has 89 heavy (non-hydrogen) atoms. The Labute approximate surface area is 522 Å². The number of nitrogens with zero attached hydrogens (tertiary/aromatic N) is 6. The fourth-order valence-electron chi connectivity index (χ4n) is 11.5. The van der Waals surface area contributed by atoms with E-state index in [1.807, 2.05) is 66.1 Å². The van der Waals surface area contributed by atoms with Crippen molar-refractivity contribution in [1.82, 2.24) is 30.4 Å². The zero-order valence-electron chi connectivity index (χ0n) is 50.6. The van der Waals surface area contributed by atoms with Gasteiger partial charge in [0.05, 0.1) is 59.2 Å². The molecule has 1 unspecified atom stereocenters. The molecule has 4 aromatic carbocycles. The van der Waals surface area contributed by atoms with E-state index in [9.17, 15) is 44.0 Å². The first-order valence-electron chi connectivity index (χ1n) is 30.5. The predicted molar refractivity (Wildman–Crippen MR) is 342 cm³/mol. The van der Waals surface area contributed by atoms with Crippen LogP contribution in [0.25, 0.3) is 32.8 Å². The van der Waals surface area contributed by atoms with Crippen molar-refractivity contribution in [2.45, 2.75) is 129 Å². The van der Waals surface area contributed by atoms with E-state index >= 15 is 0 Å². The van der Waals surface area contributed by atoms with Crippen LogP contribution in [0.3, 0.4) is 0 Å². The predicted octanol–water partition coefficient (Wildman–Crippen LogP) is 9.11. The molecule has 3 fully saturated rings. The molecule has 2 aromatic heterocycles. The van der Waals surface area contributed by atoms with Crippen LogP contribution in [0.15, 0.2) is 119 Å². The van der Waals surface area contributed by atoms with Gasteiger partial charge in [-0.15, -0.1) is 11.3 Å². The summed E-state index contributed by atoms with van der Waals surface area (Å²) >= 11 is 1.43. The van der Waals surface area contributed by atoms with Crippen LogP contribution in [-0.4, -0.2) is 134 Å². The summed E-state index contributed by atoms with van der Waals surface area (Å²) < 4.78 is 24.6. The number of unbranched alkanes of at least 4 members (excludes halogenated alkanes) is 2. The number of aromatic nitrogens is 2. The quantitative estimate of drug-likeness (QED) is 0.0174. The van der Waals surface area contributed by atoms with Crippen LogP contribution >= 0.6 is 11.3 Å². The van der Waals surface area contributed by atoms with Gasteiger partial charge in [-0.25, -0.2) is 18.9 Å². The van der Waals surface area contributed by atoms with Crippen LogP contribution in [0.4, 0.5) is 10.2 Å². The van der Waals surface area contributed by atoms with Gasteiger partial charge in [-0.05, 0) is 104 Å². The number of alkyl halides is 1. The SMILES string of the molecule is Cc1ncsc1-c1ccc(CNC(=O)[C@@H]2C[C@@H](O)CN2C(=O)C(C=NC(=O)C2(F)CC2)C(C)(C)C)c(OCC(=O)NCC(=O)NCCCCC#Cc2cccc(Cn3c4c(c(-c5ccccc5)c3-c3ccccc3)C(=N)[N+](=CC3CCC(O)CC3)C=N4)c2)c1. The number of rotatable bonds is 21. The van der Waals surface area contributed by atoms with E-state index in [-0.39, 0.29) is 56.8 Å². The number of amidine groups is 1. The van der Waals surface area contributed by atoms with Gasteiger partial charge in [-0.3, -0.25) is 24.0 Å². The molecule has 4 heterocycles. The molecule has 3 atom stereocenters. The van der Waals surface area contributed by atoms with Gasteiger partial charge in [0, 0.05) is 61.3 Å². The molecule has 6 N–H and O–H groups in total. The van der Waals surface area contributed by atoms with Gasteiger partial charge in [0.15, 0.2) is 12.3 Å². The van der Waals surface area contributed by atoms with Gasteiger partial charge in [-0.1, -0.05) is 123 Å². The van der Waals surface area contributed by atoms with Crippen LogP contribution in [0.5, 0.6) is 5.75 Å². The maximum atomic E-state index is 14.4. The molecule has 0 spiro atoms. The molecular weight excluding hydrogens is 1150 g/mol. The van der Waals surface area contributed by atoms with Crippen molar-refractivity contribution >= 4 is 71.3 Å². The summed E-state index contributed by atoms with van der Waals surface area (Å²) in [7, 11) is 0. The van der Waals surface area contributed by atoms with Crippen molar-refractivity contribution in [3.63, 3.8) is 0 Å². The summed E-state index contributed by atoms with van der Waals surface area (Å²) in [5.74, 6) is 4.33. The molecule has 2 aliphatic carbocycles. The zero-order chi connectivity index (χ0) is 62.8. The third kappa shape index (κ3) is 15.6. The number of aryl methyl sites for hydroxylation is 1. The van der Waals surface area contributed by atoms with Crippen LogP contribution in [-0.2, 0) is 37.1 Å². The number of amides is 5. The molecule has 2 aliphatic heterocycles. The Kier molecular flexibility index (Phi) is 20.0. The number of benzene rings is 4. The van der Waals surface area contributed by atoms with Gasteiger partial charge >= 0.3 is 0 Å². The van der Waals surface area contributed by atoms with E-state index in [0.29, 0.717) is 48.9 Å². The van der Waals surface area contributed by atoms with Crippen molar-refractivity contribution < 1.29 is 47.9 Å². The minimum atomic E-state index is -2.00. The van der Waals surface area contributed by atoms with Gasteiger partial charge in [-0.2, -0.15) is 5.41 Å². The monoisotopic (exact) mass is 1220 g/mol. The average molecular weight is 1220 g/mol. The summed E-state index contributed by atoms with van der Waals surface area (Å²) in [5.41, 5.74) is 7.62. The topological polar surface area (TPSA) is 244 Å². The van der Waals surface area contributed by atoms with E-state index in [1.54, 1.807) is 44.8 Å². The normalized spacial score (nSPS) is 19.3. The minimum Gasteiger partial charge on any atom is -0.483 e. The summed E-state index contributed by atoms with van der Waals surface area (Å²) in [6, 6.07) is 32.9. The highest BCUT2D eigenvalue weighted by atomic mass is 32.1. The zero-order valence-corrected chi connectivity index (χ0v) is 51.5. The second kappa shape index (κ2) is 28.2. The average Bonchev–Trinajstić information content (AvgIpc) is 1.97. The van der Waals surface area contributed by atoms with Gasteiger partial charge in [0.2, 0.25) is 29.9 Å². The first-order chi connectivity index (χ1) is 42.8. The van der Waals surface area contributed by atoms with Crippen LogP contribution < -0.4 is 20.7 Å². The number of carbonyl (C=O) groups excluding carboxylic acids is 5. The molecule has 4 aliphatic rings. The van der Waals surface area contributed by atoms with Gasteiger partial charge in [0.1, 0.15) is 17.4 Å². The maximum absolute atomic E-state index is 14.4. The molecule has 6 aromatic rings. The molecule has 20 heteroatoms. The summed E-state index contributed by atoms with van der Waals surface area (Å²) in [6.07, 6.45) is 9.08. The highest BCUT2D eigenvalue weighted by molar-refractivity contribution is 7.13. The number of thiazole rings is 1. The Morgan fingerprint density at radius 1 is 0.888 bits per heavy atom. The Morgan fingerprint density at radius 3 is 2.34 bits per heavy atom. The van der Waals surface area contributed by atoms with Crippen molar-refractivity contribution in [3.8, 4) is 50.4 Å². The van der Waals surface area contributed by atoms with Gasteiger partial charge < -0.3 is 40.4 Å². The van der Waals surface area contributed by atoms with E-state index < -0.39 is 59.4 Å². The number of halogens is 1. The molecule has 1 saturated heterocycles. The van der Waals surface area contributed by atoms with Crippen molar-refractivity contribution in [2.24, 2.45) is 27.2 Å². The lowest BCUT2D eigenvalue weighted by Crippen LogP contribution is -2.50. The number of ether oxygens (including phenoxy) is 1. The first kappa shape index (κ1) is 63.3. The lowest BCUT2D eigenvalue weighted by molar-refractivity contribution is -0.256. The molecule has 5 amide bonds. The van der Waals surface area contributed by atoms with Crippen LogP contribution in [0.1, 0.15) is 113 Å². The number of β-amino-alcohol motifs (C(OH)–C–C–N with tert-alkyl or cyclic N) is 1. The number of carbonyl (C=O) groups is 5. The molecule has 0 radical (unpaired) electrons. The lowest BCUT2D eigenvalue weighted by atomic mass is 9.80. The number of aliphatic hydroxyl groups excluding tert-OH is 2. The number of aliphatic imine (C=N–C) groups is 2. The van der Waals surface area contributed by atoms with E-state index in [4.69, 9.17) is 9.73 Å². The Balaban J connectivity index is 0.715. The van der Waals surface area contributed by atoms with E-state index in [1.165, 1.54) is 16.2 Å². The van der Waals surface area contributed by atoms with Crippen molar-refractivity contribution in [1.29, 1.82) is 5.41 Å². The highest BCUT2D eigenvalue weighted by Crippen LogP contribution is 2.45. The summed E-state index contributed by atoms with van der Waals surface area (Å²) in [5, 5.41) is 38.9.